The van der Waals surface area contributed by atoms with Gasteiger partial charge < -0.3 is 9.64 Å². The third kappa shape index (κ3) is 15.9. The van der Waals surface area contributed by atoms with E-state index in [1.807, 2.05) is 0 Å². The van der Waals surface area contributed by atoms with Crippen molar-refractivity contribution in [2.45, 2.75) is 156 Å². The SMILES string of the molecule is CCCCCC(C#C[C@H](C)OC1CCN(CC(CCCC)CCCCC)CC1)CCCCC. The third-order valence-electron chi connectivity index (χ3n) is 7.43. The lowest BCUT2D eigenvalue weighted by Crippen LogP contribution is -2.40. The molecule has 0 spiro atoms. The lowest BCUT2D eigenvalue weighted by molar-refractivity contribution is -0.0146. The summed E-state index contributed by atoms with van der Waals surface area (Å²) in [6, 6.07) is 0. The Kier molecular flexibility index (Phi) is 19.2. The van der Waals surface area contributed by atoms with Crippen LogP contribution >= 0.6 is 0 Å². The van der Waals surface area contributed by atoms with Gasteiger partial charge in [-0.25, -0.2) is 0 Å². The fourth-order valence-corrected chi connectivity index (χ4v) is 5.22. The van der Waals surface area contributed by atoms with Gasteiger partial charge in [-0.2, -0.15) is 0 Å². The van der Waals surface area contributed by atoms with Crippen molar-refractivity contribution in [3.63, 3.8) is 0 Å². The van der Waals surface area contributed by atoms with Gasteiger partial charge in [0.1, 0.15) is 6.10 Å². The fourth-order valence-electron chi connectivity index (χ4n) is 5.22. The highest BCUT2D eigenvalue weighted by molar-refractivity contribution is 5.08. The highest BCUT2D eigenvalue weighted by atomic mass is 16.5. The number of hydrogen-bond acceptors (Lipinski definition) is 2. The molecular weight excluding hydrogens is 402 g/mol. The number of nitrogens with zero attached hydrogens (tertiary/aromatic N) is 1. The molecule has 1 fully saturated rings. The highest BCUT2D eigenvalue weighted by Crippen LogP contribution is 2.22. The zero-order valence-electron chi connectivity index (χ0n) is 23.3. The van der Waals surface area contributed by atoms with E-state index in [-0.39, 0.29) is 6.10 Å². The minimum Gasteiger partial charge on any atom is -0.362 e. The van der Waals surface area contributed by atoms with Crippen molar-refractivity contribution in [2.24, 2.45) is 11.8 Å². The second-order valence-electron chi connectivity index (χ2n) is 10.8. The van der Waals surface area contributed by atoms with E-state index in [0.29, 0.717) is 12.0 Å². The summed E-state index contributed by atoms with van der Waals surface area (Å²) in [4.78, 5) is 2.72. The van der Waals surface area contributed by atoms with Crippen LogP contribution in [0.1, 0.15) is 144 Å². The molecule has 0 aromatic heterocycles. The summed E-state index contributed by atoms with van der Waals surface area (Å²) >= 11 is 0. The molecule has 1 aliphatic rings. The molecule has 2 atom stereocenters. The number of likely N-dealkylation sites (tertiary alicyclic amines) is 1. The molecule has 1 rings (SSSR count). The normalized spacial score (nSPS) is 17.2. The van der Waals surface area contributed by atoms with Crippen LogP contribution in [-0.4, -0.2) is 36.7 Å². The maximum absolute atomic E-state index is 6.39. The molecule has 2 heteroatoms. The molecule has 1 saturated heterocycles. The van der Waals surface area contributed by atoms with Crippen molar-refractivity contribution in [1.29, 1.82) is 0 Å². The van der Waals surface area contributed by atoms with Crippen LogP contribution in [0.25, 0.3) is 0 Å². The Morgan fingerprint density at radius 2 is 1.21 bits per heavy atom. The van der Waals surface area contributed by atoms with E-state index in [9.17, 15) is 0 Å². The van der Waals surface area contributed by atoms with E-state index >= 15 is 0 Å². The smallest absolute Gasteiger partial charge is 0.115 e. The van der Waals surface area contributed by atoms with Crippen LogP contribution in [-0.2, 0) is 4.74 Å². The van der Waals surface area contributed by atoms with Crippen LogP contribution in [0.3, 0.4) is 0 Å². The number of rotatable bonds is 19. The van der Waals surface area contributed by atoms with Crippen molar-refractivity contribution in [2.75, 3.05) is 19.6 Å². The van der Waals surface area contributed by atoms with Crippen LogP contribution in [0.4, 0.5) is 0 Å². The van der Waals surface area contributed by atoms with Gasteiger partial charge in [0.25, 0.3) is 0 Å². The van der Waals surface area contributed by atoms with Crippen molar-refractivity contribution < 1.29 is 4.74 Å². The quantitative estimate of drug-likeness (QED) is 0.140. The second kappa shape index (κ2) is 20.8. The molecule has 33 heavy (non-hydrogen) atoms. The van der Waals surface area contributed by atoms with E-state index < -0.39 is 0 Å². The van der Waals surface area contributed by atoms with E-state index in [0.717, 1.165) is 5.92 Å². The molecule has 0 saturated carbocycles. The van der Waals surface area contributed by atoms with Gasteiger partial charge >= 0.3 is 0 Å². The summed E-state index contributed by atoms with van der Waals surface area (Å²) in [7, 11) is 0. The van der Waals surface area contributed by atoms with Gasteiger partial charge in [0.15, 0.2) is 0 Å². The Hall–Kier alpha value is -0.520. The average Bonchev–Trinajstić information content (AvgIpc) is 2.82. The molecule has 0 radical (unpaired) electrons. The Balaban J connectivity index is 2.40. The lowest BCUT2D eigenvalue weighted by Gasteiger charge is -2.35. The van der Waals surface area contributed by atoms with Crippen molar-refractivity contribution >= 4 is 0 Å². The van der Waals surface area contributed by atoms with Gasteiger partial charge in [-0.1, -0.05) is 110 Å². The van der Waals surface area contributed by atoms with Crippen LogP contribution < -0.4 is 0 Å². The summed E-state index contributed by atoms with van der Waals surface area (Å²) in [6.07, 6.45) is 23.0. The highest BCUT2D eigenvalue weighted by Gasteiger charge is 2.23. The van der Waals surface area contributed by atoms with Gasteiger partial charge in [-0.15, -0.1) is 0 Å². The molecule has 0 aromatic rings. The molecule has 0 N–H and O–H groups in total. The van der Waals surface area contributed by atoms with Gasteiger partial charge in [0, 0.05) is 25.6 Å². The van der Waals surface area contributed by atoms with Crippen molar-refractivity contribution in [3.8, 4) is 11.8 Å². The zero-order chi connectivity index (χ0) is 24.2. The minimum atomic E-state index is 0.0766. The van der Waals surface area contributed by atoms with Gasteiger partial charge in [0.05, 0.1) is 6.10 Å². The van der Waals surface area contributed by atoms with Crippen LogP contribution in [0, 0.1) is 23.7 Å². The topological polar surface area (TPSA) is 12.5 Å². The molecular formula is C31H59NO. The largest absolute Gasteiger partial charge is 0.362 e. The molecule has 0 aromatic carbocycles. The number of hydrogen-bond donors (Lipinski definition) is 0. The predicted octanol–water partition coefficient (Wildman–Crippen LogP) is 9.02. The Bertz CT molecular complexity index is 475. The molecule has 1 heterocycles. The van der Waals surface area contributed by atoms with Crippen LogP contribution in [0.15, 0.2) is 0 Å². The second-order valence-corrected chi connectivity index (χ2v) is 10.8. The third-order valence-corrected chi connectivity index (χ3v) is 7.43. The molecule has 0 amide bonds. The van der Waals surface area contributed by atoms with Crippen LogP contribution in [0.2, 0.25) is 0 Å². The predicted molar refractivity (Wildman–Crippen MR) is 147 cm³/mol. The number of ether oxygens (including phenoxy) is 1. The first kappa shape index (κ1) is 30.5. The monoisotopic (exact) mass is 461 g/mol. The number of unbranched alkanes of at least 4 members (excludes halogenated alkanes) is 7. The maximum Gasteiger partial charge on any atom is 0.115 e. The Morgan fingerprint density at radius 3 is 1.76 bits per heavy atom. The summed E-state index contributed by atoms with van der Waals surface area (Å²) in [5.74, 6) is 8.59. The summed E-state index contributed by atoms with van der Waals surface area (Å²) < 4.78 is 6.39. The first-order valence-corrected chi connectivity index (χ1v) is 15.0. The van der Waals surface area contributed by atoms with Gasteiger partial charge in [0.2, 0.25) is 0 Å². The minimum absolute atomic E-state index is 0.0766. The summed E-state index contributed by atoms with van der Waals surface area (Å²) in [5, 5.41) is 0. The first-order chi connectivity index (χ1) is 16.1. The Labute approximate surface area is 209 Å². The molecule has 0 bridgehead atoms. The summed E-state index contributed by atoms with van der Waals surface area (Å²) in [6.45, 7) is 15.1. The molecule has 194 valence electrons. The van der Waals surface area contributed by atoms with E-state index in [4.69, 9.17) is 4.74 Å². The Morgan fingerprint density at radius 1 is 0.697 bits per heavy atom. The van der Waals surface area contributed by atoms with Crippen molar-refractivity contribution in [1.82, 2.24) is 4.90 Å². The lowest BCUT2D eigenvalue weighted by atomic mass is 9.94. The van der Waals surface area contributed by atoms with E-state index in [1.54, 1.807) is 0 Å². The van der Waals surface area contributed by atoms with Crippen molar-refractivity contribution in [3.05, 3.63) is 0 Å². The van der Waals surface area contributed by atoms with Gasteiger partial charge in [-0.3, -0.25) is 0 Å². The summed E-state index contributed by atoms with van der Waals surface area (Å²) in [5.41, 5.74) is 0. The fraction of sp³-hybridized carbons (Fsp3) is 0.935. The first-order valence-electron chi connectivity index (χ1n) is 15.0. The standard InChI is InChI=1S/C31H59NO/c1-6-10-14-18-29(19-15-11-7-2)22-21-28(5)33-31-23-25-32(26-24-31)27-30(17-13-9-4)20-16-12-8-3/h28-31H,6-20,23-27H2,1-5H3/t28-,30?/m0/s1. The zero-order valence-corrected chi connectivity index (χ0v) is 23.3. The van der Waals surface area contributed by atoms with Gasteiger partial charge in [-0.05, 0) is 51.4 Å². The average molecular weight is 462 g/mol. The van der Waals surface area contributed by atoms with E-state index in [2.05, 4.69) is 51.4 Å². The molecule has 0 aliphatic carbocycles. The molecule has 2 nitrogen and oxygen atoms in total. The van der Waals surface area contributed by atoms with E-state index in [1.165, 1.54) is 129 Å². The number of piperidine rings is 1. The maximum atomic E-state index is 6.39. The molecule has 1 aliphatic heterocycles. The van der Waals surface area contributed by atoms with Crippen LogP contribution in [0.5, 0.6) is 0 Å². The molecule has 1 unspecified atom stereocenters.